The van der Waals surface area contributed by atoms with Crippen molar-refractivity contribution in [2.75, 3.05) is 11.4 Å². The molecule has 0 aliphatic heterocycles. The van der Waals surface area contributed by atoms with Crippen LogP contribution in [0.15, 0.2) is 29.6 Å². The molecule has 0 radical (unpaired) electrons. The van der Waals surface area contributed by atoms with E-state index in [0.29, 0.717) is 24.7 Å². The zero-order valence-electron chi connectivity index (χ0n) is 13.4. The third-order valence-corrected chi connectivity index (χ3v) is 4.78. The van der Waals surface area contributed by atoms with E-state index in [-0.39, 0.29) is 11.7 Å². The van der Waals surface area contributed by atoms with Gasteiger partial charge in [-0.05, 0) is 30.5 Å². The molecular weight excluding hydrogens is 329 g/mol. The zero-order valence-corrected chi connectivity index (χ0v) is 14.2. The summed E-state index contributed by atoms with van der Waals surface area (Å²) in [4.78, 5) is 18.0. The van der Waals surface area contributed by atoms with Gasteiger partial charge in [-0.3, -0.25) is 9.69 Å². The molecule has 1 aromatic heterocycles. The molecule has 1 aliphatic carbocycles. The molecule has 0 saturated heterocycles. The highest BCUT2D eigenvalue weighted by Crippen LogP contribution is 2.33. The Morgan fingerprint density at radius 3 is 2.79 bits per heavy atom. The molecule has 1 aromatic carbocycles. The maximum absolute atomic E-state index is 12.9. The van der Waals surface area contributed by atoms with Gasteiger partial charge in [0.2, 0.25) is 5.91 Å². The quantitative estimate of drug-likeness (QED) is 0.806. The van der Waals surface area contributed by atoms with E-state index in [2.05, 4.69) is 10.3 Å². The average molecular weight is 349 g/mol. The van der Waals surface area contributed by atoms with E-state index in [4.69, 9.17) is 0 Å². The predicted molar refractivity (Wildman–Crippen MR) is 91.4 cm³/mol. The van der Waals surface area contributed by atoms with Crippen LogP contribution in [0, 0.1) is 5.82 Å². The molecule has 1 heterocycles. The molecule has 1 atom stereocenters. The minimum absolute atomic E-state index is 0.0260. The van der Waals surface area contributed by atoms with Crippen molar-refractivity contribution in [1.82, 2.24) is 10.3 Å². The van der Waals surface area contributed by atoms with Crippen molar-refractivity contribution in [3.63, 3.8) is 0 Å². The van der Waals surface area contributed by atoms with Crippen LogP contribution in [-0.2, 0) is 11.3 Å². The first-order chi connectivity index (χ1) is 11.5. The average Bonchev–Trinajstić information content (AvgIpc) is 3.26. The fourth-order valence-corrected chi connectivity index (χ4v) is 3.45. The van der Waals surface area contributed by atoms with E-state index in [0.717, 1.165) is 23.7 Å². The predicted octanol–water partition coefficient (Wildman–Crippen LogP) is 2.62. The fourth-order valence-electron chi connectivity index (χ4n) is 2.51. The standard InChI is InChI=1S/C17H20FN3O2S/c1-11(22)21(15-6-7-15)17-20-14(10-24-17)8-19-9-16(23)12-2-4-13(18)5-3-12/h2-5,10,15-16,19,23H,6-9H2,1H3. The fraction of sp³-hybridized carbons (Fsp3) is 0.412. The Hall–Kier alpha value is -1.83. The first kappa shape index (κ1) is 17.0. The van der Waals surface area contributed by atoms with Gasteiger partial charge in [0.25, 0.3) is 0 Å². The summed E-state index contributed by atoms with van der Waals surface area (Å²) >= 11 is 1.46. The number of anilines is 1. The van der Waals surface area contributed by atoms with E-state index in [1.165, 1.54) is 23.5 Å². The van der Waals surface area contributed by atoms with Crippen LogP contribution in [0.4, 0.5) is 9.52 Å². The van der Waals surface area contributed by atoms with Crippen molar-refractivity contribution in [3.8, 4) is 0 Å². The highest BCUT2D eigenvalue weighted by Gasteiger charge is 2.33. The van der Waals surface area contributed by atoms with Gasteiger partial charge in [-0.1, -0.05) is 12.1 Å². The van der Waals surface area contributed by atoms with Crippen LogP contribution in [0.3, 0.4) is 0 Å². The number of aliphatic hydroxyl groups is 1. The molecule has 2 N–H and O–H groups in total. The van der Waals surface area contributed by atoms with Crippen molar-refractivity contribution >= 4 is 22.4 Å². The monoisotopic (exact) mass is 349 g/mol. The summed E-state index contributed by atoms with van der Waals surface area (Å²) in [5, 5.41) is 15.9. The molecule has 5 nitrogen and oxygen atoms in total. The van der Waals surface area contributed by atoms with E-state index in [1.807, 2.05) is 5.38 Å². The summed E-state index contributed by atoms with van der Waals surface area (Å²) in [5.41, 5.74) is 1.51. The summed E-state index contributed by atoms with van der Waals surface area (Å²) in [7, 11) is 0. The lowest BCUT2D eigenvalue weighted by Crippen LogP contribution is -2.30. The van der Waals surface area contributed by atoms with Gasteiger partial charge in [-0.25, -0.2) is 9.37 Å². The van der Waals surface area contributed by atoms with E-state index in [9.17, 15) is 14.3 Å². The molecule has 2 aromatic rings. The van der Waals surface area contributed by atoms with Crippen LogP contribution in [0.5, 0.6) is 0 Å². The van der Waals surface area contributed by atoms with Gasteiger partial charge in [-0.15, -0.1) is 11.3 Å². The molecule has 24 heavy (non-hydrogen) atoms. The number of benzene rings is 1. The number of hydrogen-bond acceptors (Lipinski definition) is 5. The summed E-state index contributed by atoms with van der Waals surface area (Å²) in [5.74, 6) is -0.294. The second-order valence-corrected chi connectivity index (χ2v) is 6.78. The van der Waals surface area contributed by atoms with Gasteiger partial charge in [0.15, 0.2) is 5.13 Å². The number of thiazole rings is 1. The highest BCUT2D eigenvalue weighted by molar-refractivity contribution is 7.14. The summed E-state index contributed by atoms with van der Waals surface area (Å²) in [6.07, 6.45) is 1.37. The molecule has 0 bridgehead atoms. The van der Waals surface area contributed by atoms with Crippen LogP contribution in [0.2, 0.25) is 0 Å². The molecule has 1 amide bonds. The van der Waals surface area contributed by atoms with Gasteiger partial charge < -0.3 is 10.4 Å². The Morgan fingerprint density at radius 2 is 2.17 bits per heavy atom. The first-order valence-electron chi connectivity index (χ1n) is 7.93. The van der Waals surface area contributed by atoms with Crippen molar-refractivity contribution in [1.29, 1.82) is 0 Å². The lowest BCUT2D eigenvalue weighted by atomic mass is 10.1. The molecule has 1 saturated carbocycles. The highest BCUT2D eigenvalue weighted by atomic mass is 32.1. The zero-order chi connectivity index (χ0) is 17.1. The molecule has 0 spiro atoms. The molecule has 7 heteroatoms. The van der Waals surface area contributed by atoms with E-state index in [1.54, 1.807) is 24.0 Å². The van der Waals surface area contributed by atoms with Crippen LogP contribution in [-0.4, -0.2) is 28.6 Å². The van der Waals surface area contributed by atoms with Gasteiger partial charge in [-0.2, -0.15) is 0 Å². The molecule has 128 valence electrons. The number of aromatic nitrogens is 1. The van der Waals surface area contributed by atoms with E-state index < -0.39 is 6.10 Å². The molecule has 1 aliphatic rings. The van der Waals surface area contributed by atoms with Gasteiger partial charge >= 0.3 is 0 Å². The lowest BCUT2D eigenvalue weighted by molar-refractivity contribution is -0.116. The third-order valence-electron chi connectivity index (χ3n) is 3.90. The second-order valence-electron chi connectivity index (χ2n) is 5.94. The molecule has 1 fully saturated rings. The third kappa shape index (κ3) is 4.17. The number of halogens is 1. The summed E-state index contributed by atoms with van der Waals surface area (Å²) in [6, 6.07) is 6.11. The molecule has 3 rings (SSSR count). The van der Waals surface area contributed by atoms with Crippen molar-refractivity contribution in [2.45, 2.75) is 38.5 Å². The Balaban J connectivity index is 1.52. The normalized spacial score (nSPS) is 15.3. The minimum atomic E-state index is -0.705. The number of nitrogens with zero attached hydrogens (tertiary/aromatic N) is 2. The smallest absolute Gasteiger partial charge is 0.225 e. The molecular formula is C17H20FN3O2S. The topological polar surface area (TPSA) is 65.5 Å². The number of nitrogens with one attached hydrogen (secondary N) is 1. The molecule has 1 unspecified atom stereocenters. The number of rotatable bonds is 7. The number of carbonyl (C=O) groups is 1. The van der Waals surface area contributed by atoms with Crippen LogP contribution in [0.25, 0.3) is 0 Å². The lowest BCUT2D eigenvalue weighted by Gasteiger charge is -2.16. The van der Waals surface area contributed by atoms with Crippen molar-refractivity contribution in [2.24, 2.45) is 0 Å². The van der Waals surface area contributed by atoms with Gasteiger partial charge in [0.1, 0.15) is 5.82 Å². The Kier molecular flexibility index (Phi) is 5.23. The maximum atomic E-state index is 12.9. The van der Waals surface area contributed by atoms with Crippen LogP contribution >= 0.6 is 11.3 Å². The number of aliphatic hydroxyl groups excluding tert-OH is 1. The Bertz CT molecular complexity index is 700. The minimum Gasteiger partial charge on any atom is -0.387 e. The van der Waals surface area contributed by atoms with Gasteiger partial charge in [0.05, 0.1) is 11.8 Å². The largest absolute Gasteiger partial charge is 0.387 e. The van der Waals surface area contributed by atoms with Crippen LogP contribution in [0.1, 0.15) is 37.1 Å². The SMILES string of the molecule is CC(=O)N(c1nc(CNCC(O)c2ccc(F)cc2)cs1)C1CC1. The first-order valence-corrected chi connectivity index (χ1v) is 8.81. The Labute approximate surface area is 144 Å². The second kappa shape index (κ2) is 7.38. The van der Waals surface area contributed by atoms with Gasteiger partial charge in [0, 0.05) is 31.4 Å². The summed E-state index contributed by atoms with van der Waals surface area (Å²) < 4.78 is 12.9. The van der Waals surface area contributed by atoms with Crippen LogP contribution < -0.4 is 10.2 Å². The number of amides is 1. The summed E-state index contributed by atoms with van der Waals surface area (Å²) in [6.45, 7) is 2.42. The number of hydrogen-bond donors (Lipinski definition) is 2. The number of carbonyl (C=O) groups excluding carboxylic acids is 1. The Morgan fingerprint density at radius 1 is 1.46 bits per heavy atom. The van der Waals surface area contributed by atoms with Crippen molar-refractivity contribution < 1.29 is 14.3 Å². The maximum Gasteiger partial charge on any atom is 0.225 e. The van der Waals surface area contributed by atoms with E-state index >= 15 is 0 Å². The van der Waals surface area contributed by atoms with Crippen molar-refractivity contribution in [3.05, 3.63) is 46.7 Å².